The van der Waals surface area contributed by atoms with Crippen molar-refractivity contribution in [1.82, 2.24) is 9.80 Å². The summed E-state index contributed by atoms with van der Waals surface area (Å²) in [5, 5.41) is 15.7. The first-order valence-corrected chi connectivity index (χ1v) is 15.1. The lowest BCUT2D eigenvalue weighted by Crippen LogP contribution is -2.47. The van der Waals surface area contributed by atoms with E-state index in [-0.39, 0.29) is 24.1 Å². The first-order chi connectivity index (χ1) is 19.5. The van der Waals surface area contributed by atoms with Crippen molar-refractivity contribution in [2.75, 3.05) is 13.7 Å². The Morgan fingerprint density at radius 3 is 2.22 bits per heavy atom. The number of ether oxygens (including phenoxy) is 2. The van der Waals surface area contributed by atoms with Crippen molar-refractivity contribution in [3.63, 3.8) is 0 Å². The molecule has 1 aliphatic carbocycles. The predicted octanol–water partition coefficient (Wildman–Crippen LogP) is 6.01. The molecular formula is C30H40BClN2O6S. The van der Waals surface area contributed by atoms with Crippen LogP contribution in [0.1, 0.15) is 68.6 Å². The standard InChI is InChI=1S/C30H37ClN2O4S.BH3O2/c1-6-36-24-13-9-7-11-20(24)19-33(28(34)27-26(31)23-12-8-10-14-25(23)38-27)22-17-15-21(16-18-22)32(5)29(35)37-30(2,3)4;2-1-3/h7-14,21-22H,6,15-19H2,1-5H3;1-3H. The molecule has 2 N–H and O–H groups in total. The van der Waals surface area contributed by atoms with Gasteiger partial charge in [-0.05, 0) is 65.5 Å². The number of halogens is 1. The van der Waals surface area contributed by atoms with E-state index in [1.165, 1.54) is 11.3 Å². The number of fused-ring (bicyclic) bond motifs is 1. The van der Waals surface area contributed by atoms with E-state index in [9.17, 15) is 9.59 Å². The molecule has 3 aromatic rings. The Bertz CT molecular complexity index is 1310. The number of nitrogens with zero attached hydrogens (tertiary/aromatic N) is 2. The number of para-hydroxylation sites is 1. The molecule has 2 amide bonds. The summed E-state index contributed by atoms with van der Waals surface area (Å²) in [7, 11) is 1.05. The SMILES string of the molecule is CCOc1ccccc1CN(C(=O)c1sc2ccccc2c1Cl)C1CCC(N(C)C(=O)OC(C)(C)C)CC1.OBO. The van der Waals surface area contributed by atoms with E-state index < -0.39 is 13.3 Å². The Hall–Kier alpha value is -2.79. The van der Waals surface area contributed by atoms with E-state index in [1.807, 2.05) is 81.1 Å². The number of amides is 2. The smallest absolute Gasteiger partial charge is 0.432 e. The van der Waals surface area contributed by atoms with Crippen molar-refractivity contribution in [2.45, 2.75) is 77.6 Å². The van der Waals surface area contributed by atoms with Crippen LogP contribution in [-0.2, 0) is 11.3 Å². The molecule has 11 heteroatoms. The van der Waals surface area contributed by atoms with E-state index >= 15 is 0 Å². The molecule has 0 unspecified atom stereocenters. The van der Waals surface area contributed by atoms with Gasteiger partial charge in [-0.15, -0.1) is 11.3 Å². The summed E-state index contributed by atoms with van der Waals surface area (Å²) in [6, 6.07) is 15.8. The molecule has 0 saturated heterocycles. The zero-order chi connectivity index (χ0) is 30.2. The lowest BCUT2D eigenvalue weighted by molar-refractivity contribution is 0.0144. The van der Waals surface area contributed by atoms with Gasteiger partial charge in [0.05, 0.1) is 11.6 Å². The molecule has 41 heavy (non-hydrogen) atoms. The molecule has 8 nitrogen and oxygen atoms in total. The van der Waals surface area contributed by atoms with Crippen LogP contribution in [0.5, 0.6) is 5.75 Å². The summed E-state index contributed by atoms with van der Waals surface area (Å²) in [6.45, 7) is 8.56. The molecular weight excluding hydrogens is 563 g/mol. The predicted molar refractivity (Wildman–Crippen MR) is 166 cm³/mol. The minimum atomic E-state index is -0.750. The number of carbonyl (C=O) groups is 2. The van der Waals surface area contributed by atoms with Crippen LogP contribution in [0.25, 0.3) is 10.1 Å². The van der Waals surface area contributed by atoms with Gasteiger partial charge in [0.15, 0.2) is 0 Å². The highest BCUT2D eigenvalue weighted by Gasteiger charge is 2.35. The summed E-state index contributed by atoms with van der Waals surface area (Å²) in [4.78, 5) is 31.0. The summed E-state index contributed by atoms with van der Waals surface area (Å²) in [5.74, 6) is 0.722. The monoisotopic (exact) mass is 602 g/mol. The molecule has 4 rings (SSSR count). The van der Waals surface area contributed by atoms with Crippen LogP contribution in [-0.4, -0.2) is 70.9 Å². The average Bonchev–Trinajstić information content (AvgIpc) is 3.28. The lowest BCUT2D eigenvalue weighted by Gasteiger charge is -2.40. The zero-order valence-corrected chi connectivity index (χ0v) is 26.0. The molecule has 0 bridgehead atoms. The van der Waals surface area contributed by atoms with Crippen LogP contribution in [0.3, 0.4) is 0 Å². The van der Waals surface area contributed by atoms with Gasteiger partial charge in [-0.25, -0.2) is 4.79 Å². The zero-order valence-electron chi connectivity index (χ0n) is 24.4. The van der Waals surface area contributed by atoms with Crippen molar-refractivity contribution in [3.8, 4) is 5.75 Å². The van der Waals surface area contributed by atoms with Gasteiger partial charge in [0.2, 0.25) is 0 Å². The average molecular weight is 603 g/mol. The van der Waals surface area contributed by atoms with E-state index in [0.717, 1.165) is 47.1 Å². The number of rotatable bonds is 7. The van der Waals surface area contributed by atoms with E-state index in [1.54, 1.807) is 11.9 Å². The molecule has 1 aromatic heterocycles. The molecule has 0 radical (unpaired) electrons. The highest BCUT2D eigenvalue weighted by Crippen LogP contribution is 2.38. The van der Waals surface area contributed by atoms with Gasteiger partial charge >= 0.3 is 13.8 Å². The second-order valence-electron chi connectivity index (χ2n) is 10.9. The molecule has 0 aliphatic heterocycles. The highest BCUT2D eigenvalue weighted by atomic mass is 35.5. The number of hydrogen-bond acceptors (Lipinski definition) is 7. The molecule has 0 spiro atoms. The number of thiophene rings is 1. The largest absolute Gasteiger partial charge is 0.494 e. The second kappa shape index (κ2) is 14.9. The minimum absolute atomic E-state index is 0.0155. The van der Waals surface area contributed by atoms with Crippen LogP contribution in [0, 0.1) is 0 Å². The fraction of sp³-hybridized carbons (Fsp3) is 0.467. The Morgan fingerprint density at radius 2 is 1.61 bits per heavy atom. The molecule has 1 heterocycles. The van der Waals surface area contributed by atoms with Crippen molar-refractivity contribution < 1.29 is 29.1 Å². The van der Waals surface area contributed by atoms with Gasteiger partial charge in [-0.1, -0.05) is 48.0 Å². The molecule has 2 aromatic carbocycles. The van der Waals surface area contributed by atoms with Crippen LogP contribution in [0.2, 0.25) is 5.02 Å². The van der Waals surface area contributed by atoms with Crippen LogP contribution in [0.15, 0.2) is 48.5 Å². The normalized spacial score (nSPS) is 16.8. The van der Waals surface area contributed by atoms with Crippen LogP contribution >= 0.6 is 22.9 Å². The first-order valence-electron chi connectivity index (χ1n) is 13.9. The van der Waals surface area contributed by atoms with Gasteiger partial charge < -0.3 is 29.3 Å². The third-order valence-corrected chi connectivity index (χ3v) is 8.60. The highest BCUT2D eigenvalue weighted by molar-refractivity contribution is 7.21. The Labute approximate surface area is 252 Å². The third-order valence-electron chi connectivity index (χ3n) is 6.94. The Kier molecular flexibility index (Phi) is 11.9. The maximum absolute atomic E-state index is 14.1. The quantitative estimate of drug-likeness (QED) is 0.321. The van der Waals surface area contributed by atoms with Gasteiger partial charge in [0.1, 0.15) is 16.2 Å². The van der Waals surface area contributed by atoms with Gasteiger partial charge in [-0.3, -0.25) is 4.79 Å². The molecule has 222 valence electrons. The van der Waals surface area contributed by atoms with Gasteiger partial charge in [0.25, 0.3) is 5.91 Å². The molecule has 1 saturated carbocycles. The summed E-state index contributed by atoms with van der Waals surface area (Å²) in [6.07, 6.45) is 2.83. The second-order valence-corrected chi connectivity index (χ2v) is 12.3. The fourth-order valence-electron chi connectivity index (χ4n) is 5.00. The van der Waals surface area contributed by atoms with Gasteiger partial charge in [0, 0.05) is 41.3 Å². The Morgan fingerprint density at radius 1 is 1.02 bits per heavy atom. The van der Waals surface area contributed by atoms with E-state index in [4.69, 9.17) is 31.1 Å². The summed E-state index contributed by atoms with van der Waals surface area (Å²) >= 11 is 8.19. The molecule has 1 fully saturated rings. The van der Waals surface area contributed by atoms with Crippen molar-refractivity contribution in [1.29, 1.82) is 0 Å². The fourth-order valence-corrected chi connectivity index (χ4v) is 6.47. The third kappa shape index (κ3) is 8.61. The number of benzene rings is 2. The van der Waals surface area contributed by atoms with E-state index in [0.29, 0.717) is 23.1 Å². The number of hydrogen-bond donors (Lipinski definition) is 2. The minimum Gasteiger partial charge on any atom is -0.494 e. The maximum Gasteiger partial charge on any atom is 0.432 e. The summed E-state index contributed by atoms with van der Waals surface area (Å²) < 4.78 is 12.5. The molecule has 1 aliphatic rings. The van der Waals surface area contributed by atoms with Crippen molar-refractivity contribution in [3.05, 3.63) is 64.0 Å². The van der Waals surface area contributed by atoms with Crippen LogP contribution < -0.4 is 4.74 Å². The van der Waals surface area contributed by atoms with Crippen molar-refractivity contribution in [2.24, 2.45) is 0 Å². The van der Waals surface area contributed by atoms with Crippen molar-refractivity contribution >= 4 is 52.7 Å². The Balaban J connectivity index is 0.00000147. The van der Waals surface area contributed by atoms with Crippen LogP contribution in [0.4, 0.5) is 4.79 Å². The molecule has 0 atom stereocenters. The number of carbonyl (C=O) groups excluding carboxylic acids is 2. The lowest BCUT2D eigenvalue weighted by atomic mass is 9.89. The topological polar surface area (TPSA) is 99.5 Å². The maximum atomic E-state index is 14.1. The first kappa shape index (κ1) is 32.7. The summed E-state index contributed by atoms with van der Waals surface area (Å²) in [5.41, 5.74) is 0.427. The van der Waals surface area contributed by atoms with E-state index in [2.05, 4.69) is 0 Å². The van der Waals surface area contributed by atoms with Gasteiger partial charge in [-0.2, -0.15) is 0 Å².